The number of sulfonamides is 1. The van der Waals surface area contributed by atoms with Gasteiger partial charge < -0.3 is 10.2 Å². The highest BCUT2D eigenvalue weighted by Crippen LogP contribution is 2.29. The van der Waals surface area contributed by atoms with Gasteiger partial charge in [0, 0.05) is 26.1 Å². The Hall–Kier alpha value is -1.85. The Labute approximate surface area is 171 Å². The molecule has 1 fully saturated rings. The molecule has 0 bridgehead atoms. The molecular weight excluding hydrogens is 435 g/mol. The van der Waals surface area contributed by atoms with E-state index in [0.717, 1.165) is 0 Å². The number of alkyl halides is 3. The predicted octanol–water partition coefficient (Wildman–Crippen LogP) is 2.72. The zero-order valence-corrected chi connectivity index (χ0v) is 17.4. The number of nitrogens with zero attached hydrogens (tertiary/aromatic N) is 2. The summed E-state index contributed by atoms with van der Waals surface area (Å²) >= 11 is 6.04. The molecule has 2 amide bonds. The first kappa shape index (κ1) is 23.4. The molecule has 7 nitrogen and oxygen atoms in total. The lowest BCUT2D eigenvalue weighted by molar-refractivity contribution is -0.157. The molecule has 1 aromatic carbocycles. The first-order valence-electron chi connectivity index (χ1n) is 8.84. The van der Waals surface area contributed by atoms with Crippen LogP contribution in [0.1, 0.15) is 20.3 Å². The smallest absolute Gasteiger partial charge is 0.333 e. The lowest BCUT2D eigenvalue weighted by Crippen LogP contribution is -2.36. The van der Waals surface area contributed by atoms with Crippen LogP contribution in [-0.4, -0.2) is 61.8 Å². The van der Waals surface area contributed by atoms with E-state index in [1.807, 2.05) is 0 Å². The molecule has 1 heterocycles. The summed E-state index contributed by atoms with van der Waals surface area (Å²) in [5.41, 5.74) is 0.00613. The van der Waals surface area contributed by atoms with Crippen molar-refractivity contribution in [3.8, 4) is 0 Å². The second kappa shape index (κ2) is 8.88. The van der Waals surface area contributed by atoms with E-state index in [9.17, 15) is 31.2 Å². The van der Waals surface area contributed by atoms with E-state index in [4.69, 9.17) is 11.6 Å². The molecule has 0 aliphatic carbocycles. The van der Waals surface area contributed by atoms with Gasteiger partial charge in [-0.25, -0.2) is 8.42 Å². The molecule has 0 radical (unpaired) electrons. The van der Waals surface area contributed by atoms with Gasteiger partial charge in [-0.05, 0) is 18.2 Å². The fourth-order valence-corrected chi connectivity index (χ4v) is 4.67. The van der Waals surface area contributed by atoms with Gasteiger partial charge in [-0.1, -0.05) is 25.4 Å². The summed E-state index contributed by atoms with van der Waals surface area (Å²) in [6.07, 6.45) is -4.92. The number of hydrogen-bond acceptors (Lipinski definition) is 4. The predicted molar refractivity (Wildman–Crippen MR) is 101 cm³/mol. The van der Waals surface area contributed by atoms with Crippen LogP contribution in [0.3, 0.4) is 0 Å². The highest BCUT2D eigenvalue weighted by Gasteiger charge is 2.40. The lowest BCUT2D eigenvalue weighted by atomic mass is 10.1. The molecule has 29 heavy (non-hydrogen) atoms. The maximum absolute atomic E-state index is 12.6. The summed E-state index contributed by atoms with van der Waals surface area (Å²) in [5, 5.41) is 2.49. The SMILES string of the molecule is CCN(CC)S(=O)(=O)c1ccc(Cl)c(NC(=O)C2CC(=O)N(CC(F)(F)F)C2)c1. The third kappa shape index (κ3) is 5.61. The quantitative estimate of drug-likeness (QED) is 0.685. The monoisotopic (exact) mass is 455 g/mol. The lowest BCUT2D eigenvalue weighted by Gasteiger charge is -2.20. The van der Waals surface area contributed by atoms with Gasteiger partial charge >= 0.3 is 6.18 Å². The van der Waals surface area contributed by atoms with Gasteiger partial charge in [0.2, 0.25) is 21.8 Å². The molecule has 1 aromatic rings. The molecule has 1 saturated heterocycles. The summed E-state index contributed by atoms with van der Waals surface area (Å²) in [7, 11) is -3.80. The molecule has 1 unspecified atom stereocenters. The van der Waals surface area contributed by atoms with Gasteiger partial charge in [0.05, 0.1) is 21.5 Å². The van der Waals surface area contributed by atoms with Crippen molar-refractivity contribution < 1.29 is 31.2 Å². The van der Waals surface area contributed by atoms with Gasteiger partial charge in [-0.15, -0.1) is 0 Å². The van der Waals surface area contributed by atoms with Crippen molar-refractivity contribution in [2.75, 3.05) is 31.5 Å². The molecule has 1 atom stereocenters. The van der Waals surface area contributed by atoms with Crippen molar-refractivity contribution in [2.24, 2.45) is 5.92 Å². The average molecular weight is 456 g/mol. The van der Waals surface area contributed by atoms with Gasteiger partial charge in [0.25, 0.3) is 0 Å². The number of hydrogen-bond donors (Lipinski definition) is 1. The standard InChI is InChI=1S/C17H21ClF3N3O4S/c1-3-24(4-2)29(27,28)12-5-6-13(18)14(8-12)22-16(26)11-7-15(25)23(9-11)10-17(19,20)21/h5-6,8,11H,3-4,7,9-10H2,1-2H3,(H,22,26). The van der Waals surface area contributed by atoms with E-state index < -0.39 is 40.5 Å². The van der Waals surface area contributed by atoms with Crippen LogP contribution in [-0.2, 0) is 19.6 Å². The third-order valence-corrected chi connectivity index (χ3v) is 6.87. The van der Waals surface area contributed by atoms with Crippen molar-refractivity contribution in [1.29, 1.82) is 0 Å². The molecule has 162 valence electrons. The van der Waals surface area contributed by atoms with E-state index in [2.05, 4.69) is 5.32 Å². The maximum atomic E-state index is 12.6. The van der Waals surface area contributed by atoms with Crippen molar-refractivity contribution in [2.45, 2.75) is 31.3 Å². The van der Waals surface area contributed by atoms with Gasteiger partial charge in [-0.2, -0.15) is 17.5 Å². The van der Waals surface area contributed by atoms with Crippen molar-refractivity contribution in [3.05, 3.63) is 23.2 Å². The zero-order valence-electron chi connectivity index (χ0n) is 15.8. The molecule has 1 N–H and O–H groups in total. The van der Waals surface area contributed by atoms with E-state index in [1.165, 1.54) is 22.5 Å². The van der Waals surface area contributed by atoms with Crippen molar-refractivity contribution in [1.82, 2.24) is 9.21 Å². The molecule has 0 saturated carbocycles. The fraction of sp³-hybridized carbons (Fsp3) is 0.529. The Morgan fingerprint density at radius 3 is 2.48 bits per heavy atom. The number of likely N-dealkylation sites (tertiary alicyclic amines) is 1. The Morgan fingerprint density at radius 1 is 1.31 bits per heavy atom. The van der Waals surface area contributed by atoms with E-state index in [-0.39, 0.29) is 41.7 Å². The molecule has 12 heteroatoms. The summed E-state index contributed by atoms with van der Waals surface area (Å²) < 4.78 is 64.0. The summed E-state index contributed by atoms with van der Waals surface area (Å²) in [5.74, 6) is -2.47. The normalized spacial score (nSPS) is 17.8. The number of amides is 2. The van der Waals surface area contributed by atoms with Crippen LogP contribution in [0.15, 0.2) is 23.1 Å². The van der Waals surface area contributed by atoms with Gasteiger partial charge in [0.1, 0.15) is 6.54 Å². The zero-order chi connectivity index (χ0) is 22.0. The number of rotatable bonds is 7. The van der Waals surface area contributed by atoms with E-state index in [1.54, 1.807) is 13.8 Å². The molecule has 2 rings (SSSR count). The largest absolute Gasteiger partial charge is 0.406 e. The first-order chi connectivity index (χ1) is 13.4. The molecule has 1 aliphatic heterocycles. The van der Waals surface area contributed by atoms with Crippen molar-refractivity contribution >= 4 is 39.1 Å². The average Bonchev–Trinajstić information content (AvgIpc) is 2.96. The number of anilines is 1. The Bertz CT molecular complexity index is 888. The summed E-state index contributed by atoms with van der Waals surface area (Å²) in [6, 6.07) is 3.80. The Kier molecular flexibility index (Phi) is 7.18. The van der Waals surface area contributed by atoms with Crippen LogP contribution < -0.4 is 5.32 Å². The number of benzene rings is 1. The van der Waals surface area contributed by atoms with Crippen LogP contribution in [0, 0.1) is 5.92 Å². The van der Waals surface area contributed by atoms with E-state index in [0.29, 0.717) is 4.90 Å². The number of carbonyl (C=O) groups excluding carboxylic acids is 2. The fourth-order valence-electron chi connectivity index (χ4n) is 3.03. The number of halogens is 4. The minimum absolute atomic E-state index is 0.00613. The van der Waals surface area contributed by atoms with Crippen LogP contribution >= 0.6 is 11.6 Å². The molecule has 1 aliphatic rings. The Balaban J connectivity index is 2.18. The topological polar surface area (TPSA) is 86.8 Å². The minimum Gasteiger partial charge on any atom is -0.333 e. The van der Waals surface area contributed by atoms with Gasteiger partial charge in [-0.3, -0.25) is 9.59 Å². The first-order valence-corrected chi connectivity index (χ1v) is 10.7. The maximum Gasteiger partial charge on any atom is 0.406 e. The summed E-state index contributed by atoms with van der Waals surface area (Å²) in [4.78, 5) is 24.7. The second-order valence-corrected chi connectivity index (χ2v) is 8.86. The number of nitrogens with one attached hydrogen (secondary N) is 1. The summed E-state index contributed by atoms with van der Waals surface area (Å²) in [6.45, 7) is 2.07. The van der Waals surface area contributed by atoms with Crippen LogP contribution in [0.25, 0.3) is 0 Å². The molecule has 0 aromatic heterocycles. The van der Waals surface area contributed by atoms with Crippen molar-refractivity contribution in [3.63, 3.8) is 0 Å². The molecule has 0 spiro atoms. The number of carbonyl (C=O) groups is 2. The molecular formula is C17H21ClF3N3O4S. The third-order valence-electron chi connectivity index (χ3n) is 4.49. The van der Waals surface area contributed by atoms with Crippen LogP contribution in [0.4, 0.5) is 18.9 Å². The Morgan fingerprint density at radius 2 is 1.93 bits per heavy atom. The van der Waals surface area contributed by atoms with Crippen LogP contribution in [0.2, 0.25) is 5.02 Å². The minimum atomic E-state index is -4.56. The second-order valence-electron chi connectivity index (χ2n) is 6.51. The highest BCUT2D eigenvalue weighted by molar-refractivity contribution is 7.89. The van der Waals surface area contributed by atoms with Gasteiger partial charge in [0.15, 0.2) is 0 Å². The highest BCUT2D eigenvalue weighted by atomic mass is 35.5. The van der Waals surface area contributed by atoms with E-state index >= 15 is 0 Å². The van der Waals surface area contributed by atoms with Crippen LogP contribution in [0.5, 0.6) is 0 Å².